The summed E-state index contributed by atoms with van der Waals surface area (Å²) in [5.74, 6) is -3.44. The number of nitrogens with zero attached hydrogens (tertiary/aromatic N) is 3. The molecule has 0 bridgehead atoms. The molecule has 0 unspecified atom stereocenters. The SMILES string of the molecule is C=C[C@@H]1C[C@@H](C(=O)NCc2cc(-c3cnc(C(F)(F)F)nc3)ccc2C(F)(F)F)N(S(=O)(=O)c2ccc(F)cc2)[C@H]1C. The van der Waals surface area contributed by atoms with Crippen LogP contribution in [-0.4, -0.2) is 40.7 Å². The van der Waals surface area contributed by atoms with Crippen LogP contribution in [0.1, 0.15) is 30.3 Å². The number of sulfonamides is 1. The molecule has 1 aromatic heterocycles. The summed E-state index contributed by atoms with van der Waals surface area (Å²) in [5.41, 5.74) is -1.48. The van der Waals surface area contributed by atoms with Crippen LogP contribution in [-0.2, 0) is 33.7 Å². The van der Waals surface area contributed by atoms with E-state index in [9.17, 15) is 43.9 Å². The van der Waals surface area contributed by atoms with Gasteiger partial charge >= 0.3 is 12.4 Å². The molecule has 1 fully saturated rings. The average molecular weight is 617 g/mol. The maximum absolute atomic E-state index is 13.8. The van der Waals surface area contributed by atoms with Crippen LogP contribution in [0.15, 0.2) is 72.4 Å². The lowest BCUT2D eigenvalue weighted by Gasteiger charge is -2.27. The Kier molecular flexibility index (Phi) is 8.47. The fourth-order valence-corrected chi connectivity index (χ4v) is 6.62. The Bertz CT molecular complexity index is 1580. The first-order chi connectivity index (χ1) is 19.5. The molecule has 2 aromatic carbocycles. The Hall–Kier alpha value is -3.85. The molecule has 1 N–H and O–H groups in total. The number of halogens is 7. The number of carbonyl (C=O) groups is 1. The summed E-state index contributed by atoms with van der Waals surface area (Å²) in [6, 6.07) is 4.68. The molecule has 7 nitrogen and oxygen atoms in total. The van der Waals surface area contributed by atoms with Crippen LogP contribution >= 0.6 is 0 Å². The van der Waals surface area contributed by atoms with E-state index in [0.29, 0.717) is 6.07 Å². The molecule has 1 amide bonds. The molecule has 0 aliphatic carbocycles. The predicted molar refractivity (Wildman–Crippen MR) is 136 cm³/mol. The molecular weight excluding hydrogens is 593 g/mol. The van der Waals surface area contributed by atoms with Crippen LogP contribution < -0.4 is 5.32 Å². The van der Waals surface area contributed by atoms with Crippen LogP contribution in [0.2, 0.25) is 0 Å². The van der Waals surface area contributed by atoms with Gasteiger partial charge in [-0.2, -0.15) is 30.6 Å². The highest BCUT2D eigenvalue weighted by molar-refractivity contribution is 7.89. The van der Waals surface area contributed by atoms with Gasteiger partial charge in [-0.3, -0.25) is 4.79 Å². The Morgan fingerprint density at radius 2 is 1.64 bits per heavy atom. The first-order valence-corrected chi connectivity index (χ1v) is 13.8. The van der Waals surface area contributed by atoms with E-state index in [0.717, 1.165) is 53.1 Å². The summed E-state index contributed by atoms with van der Waals surface area (Å²) in [7, 11) is -4.33. The van der Waals surface area contributed by atoms with Crippen molar-refractivity contribution in [2.75, 3.05) is 0 Å². The molecule has 0 radical (unpaired) electrons. The summed E-state index contributed by atoms with van der Waals surface area (Å²) >= 11 is 0. The standard InChI is InChI=1S/C27H23F7N4O3S/c1-3-16-11-23(38(15(16)2)42(40,41)21-7-5-20(28)6-8-21)24(39)35-12-18-10-17(4-9-22(18)26(29,30)31)19-13-36-25(37-14-19)27(32,33)34/h3-10,13-16,23H,1,11-12H2,2H3,(H,35,39)/t15-,16+,23-/m0/s1. The van der Waals surface area contributed by atoms with E-state index in [2.05, 4.69) is 21.9 Å². The molecule has 224 valence electrons. The minimum atomic E-state index is -4.84. The van der Waals surface area contributed by atoms with Crippen molar-refractivity contribution in [3.63, 3.8) is 0 Å². The van der Waals surface area contributed by atoms with E-state index in [1.165, 1.54) is 6.08 Å². The maximum Gasteiger partial charge on any atom is 0.451 e. The Morgan fingerprint density at radius 1 is 1.02 bits per heavy atom. The van der Waals surface area contributed by atoms with Crippen molar-refractivity contribution in [2.24, 2.45) is 5.92 Å². The Labute approximate surface area is 236 Å². The molecule has 15 heteroatoms. The fraction of sp³-hybridized carbons (Fsp3) is 0.296. The van der Waals surface area contributed by atoms with Crippen LogP contribution in [0.5, 0.6) is 0 Å². The number of aromatic nitrogens is 2. The molecule has 2 heterocycles. The van der Waals surface area contributed by atoms with Crippen molar-refractivity contribution in [3.05, 3.63) is 90.3 Å². The van der Waals surface area contributed by atoms with Crippen LogP contribution in [0, 0.1) is 11.7 Å². The number of amides is 1. The quantitative estimate of drug-likeness (QED) is 0.276. The largest absolute Gasteiger partial charge is 0.451 e. The molecule has 3 atom stereocenters. The lowest BCUT2D eigenvalue weighted by atomic mass is 9.99. The van der Waals surface area contributed by atoms with Gasteiger partial charge in [0.05, 0.1) is 10.5 Å². The van der Waals surface area contributed by atoms with Gasteiger partial charge in [-0.05, 0) is 66.8 Å². The van der Waals surface area contributed by atoms with Crippen LogP contribution in [0.25, 0.3) is 11.1 Å². The Morgan fingerprint density at radius 3 is 2.19 bits per heavy atom. The lowest BCUT2D eigenvalue weighted by molar-refractivity contribution is -0.145. The molecule has 42 heavy (non-hydrogen) atoms. The van der Waals surface area contributed by atoms with Crippen LogP contribution in [0.3, 0.4) is 0 Å². The summed E-state index contributed by atoms with van der Waals surface area (Å²) in [6.45, 7) is 4.55. The lowest BCUT2D eigenvalue weighted by Crippen LogP contribution is -2.48. The molecule has 1 aliphatic rings. The highest BCUT2D eigenvalue weighted by Gasteiger charge is 2.48. The first kappa shape index (κ1) is 31.1. The van der Waals surface area contributed by atoms with E-state index in [1.54, 1.807) is 6.92 Å². The van der Waals surface area contributed by atoms with Gasteiger partial charge < -0.3 is 5.32 Å². The molecule has 1 saturated heterocycles. The smallest absolute Gasteiger partial charge is 0.351 e. The normalized spacial score (nSPS) is 20.0. The third-order valence-corrected chi connectivity index (χ3v) is 8.93. The van der Waals surface area contributed by atoms with Crippen molar-refractivity contribution < 1.29 is 43.9 Å². The molecule has 0 saturated carbocycles. The summed E-state index contributed by atoms with van der Waals surface area (Å²) in [6.07, 6.45) is -6.56. The maximum atomic E-state index is 13.8. The van der Waals surface area contributed by atoms with Gasteiger partial charge in [0.25, 0.3) is 0 Å². The molecular formula is C27H23F7N4O3S. The zero-order valence-corrected chi connectivity index (χ0v) is 22.6. The summed E-state index contributed by atoms with van der Waals surface area (Å²) < 4.78 is 121. The van der Waals surface area contributed by atoms with E-state index in [4.69, 9.17) is 0 Å². The molecule has 0 spiro atoms. The van der Waals surface area contributed by atoms with Gasteiger partial charge in [-0.15, -0.1) is 6.58 Å². The van der Waals surface area contributed by atoms with Crippen molar-refractivity contribution in [1.82, 2.24) is 19.6 Å². The van der Waals surface area contributed by atoms with Crippen molar-refractivity contribution >= 4 is 15.9 Å². The first-order valence-electron chi connectivity index (χ1n) is 12.3. The van der Waals surface area contributed by atoms with E-state index < -0.39 is 75.6 Å². The Balaban J connectivity index is 1.63. The zero-order chi connectivity index (χ0) is 31.0. The van der Waals surface area contributed by atoms with Crippen molar-refractivity contribution in [1.29, 1.82) is 0 Å². The van der Waals surface area contributed by atoms with Gasteiger partial charge in [-0.25, -0.2) is 22.8 Å². The number of rotatable bonds is 7. The second-order valence-corrected chi connectivity index (χ2v) is 11.4. The fourth-order valence-electron chi connectivity index (χ4n) is 4.78. The number of hydrogen-bond donors (Lipinski definition) is 1. The number of carbonyl (C=O) groups excluding carboxylic acids is 1. The summed E-state index contributed by atoms with van der Waals surface area (Å²) in [4.78, 5) is 19.5. The highest BCUT2D eigenvalue weighted by Crippen LogP contribution is 2.37. The monoisotopic (exact) mass is 616 g/mol. The van der Waals surface area contributed by atoms with Gasteiger partial charge in [-0.1, -0.05) is 12.1 Å². The minimum Gasteiger partial charge on any atom is -0.351 e. The van der Waals surface area contributed by atoms with Gasteiger partial charge in [0, 0.05) is 30.5 Å². The topological polar surface area (TPSA) is 92.3 Å². The van der Waals surface area contributed by atoms with E-state index in [-0.39, 0.29) is 22.4 Å². The second kappa shape index (κ2) is 11.4. The molecule has 4 rings (SSSR count). The predicted octanol–water partition coefficient (Wildman–Crippen LogP) is 5.59. The zero-order valence-electron chi connectivity index (χ0n) is 21.7. The third kappa shape index (κ3) is 6.31. The third-order valence-electron chi connectivity index (χ3n) is 6.92. The number of hydrogen-bond acceptors (Lipinski definition) is 5. The van der Waals surface area contributed by atoms with Gasteiger partial charge in [0.15, 0.2) is 0 Å². The van der Waals surface area contributed by atoms with Gasteiger partial charge in [0.1, 0.15) is 11.9 Å². The summed E-state index contributed by atoms with van der Waals surface area (Å²) in [5, 5.41) is 2.37. The number of nitrogens with one attached hydrogen (secondary N) is 1. The van der Waals surface area contributed by atoms with Crippen molar-refractivity contribution in [2.45, 2.75) is 49.2 Å². The highest BCUT2D eigenvalue weighted by atomic mass is 32.2. The molecule has 3 aromatic rings. The van der Waals surface area contributed by atoms with E-state index >= 15 is 0 Å². The van der Waals surface area contributed by atoms with Crippen molar-refractivity contribution in [3.8, 4) is 11.1 Å². The number of alkyl halides is 6. The number of benzene rings is 2. The minimum absolute atomic E-state index is 0.000639. The van der Waals surface area contributed by atoms with Crippen LogP contribution in [0.4, 0.5) is 30.7 Å². The van der Waals surface area contributed by atoms with Gasteiger partial charge in [0.2, 0.25) is 21.8 Å². The average Bonchev–Trinajstić information content (AvgIpc) is 3.27. The molecule has 1 aliphatic heterocycles. The van der Waals surface area contributed by atoms with E-state index in [1.807, 2.05) is 0 Å². The second-order valence-electron chi connectivity index (χ2n) is 9.56.